The zero-order valence-electron chi connectivity index (χ0n) is 16.6. The second-order valence-corrected chi connectivity index (χ2v) is 7.39. The van der Waals surface area contributed by atoms with Gasteiger partial charge in [-0.25, -0.2) is 4.79 Å². The number of carboxylic acids is 1. The van der Waals surface area contributed by atoms with Crippen LogP contribution in [0.1, 0.15) is 38.3 Å². The normalized spacial score (nSPS) is 11.1. The highest BCUT2D eigenvalue weighted by Crippen LogP contribution is 2.31. The average Bonchev–Trinajstić information content (AvgIpc) is 2.63. The number of carbonyl (C=O) groups is 1. The van der Waals surface area contributed by atoms with Crippen molar-refractivity contribution in [1.82, 2.24) is 0 Å². The Kier molecular flexibility index (Phi) is 9.01. The number of carboxylic acid groups (broad SMARTS) is 1. The largest absolute Gasteiger partial charge is 0.478 e. The molecule has 2 heteroatoms. The van der Waals surface area contributed by atoms with Gasteiger partial charge in [-0.05, 0) is 23.0 Å². The molecule has 0 radical (unpaired) electrons. The minimum atomic E-state index is -0.932. The van der Waals surface area contributed by atoms with Crippen molar-refractivity contribution in [2.75, 3.05) is 0 Å². The summed E-state index contributed by atoms with van der Waals surface area (Å²) >= 11 is 0. The van der Waals surface area contributed by atoms with Crippen LogP contribution in [-0.4, -0.2) is 11.1 Å². The lowest BCUT2D eigenvalue weighted by atomic mass is 9.82. The molecule has 1 N–H and O–H groups in total. The van der Waals surface area contributed by atoms with E-state index in [1.165, 1.54) is 5.56 Å². The third kappa shape index (κ3) is 8.87. The summed E-state index contributed by atoms with van der Waals surface area (Å²) in [5.74, 6) is -0.932. The number of rotatable bonds is 6. The summed E-state index contributed by atoms with van der Waals surface area (Å²) in [6.45, 7) is 13.5. The summed E-state index contributed by atoms with van der Waals surface area (Å²) in [4.78, 5) is 10.9. The quantitative estimate of drug-likeness (QED) is 0.466. The lowest BCUT2D eigenvalue weighted by Crippen LogP contribution is -2.12. The molecule has 0 atom stereocenters. The Morgan fingerprint density at radius 2 is 1.52 bits per heavy atom. The third-order valence-electron chi connectivity index (χ3n) is 4.03. The predicted molar refractivity (Wildman–Crippen MR) is 116 cm³/mol. The van der Waals surface area contributed by atoms with Crippen molar-refractivity contribution in [2.45, 2.75) is 33.6 Å². The molecule has 2 aromatic rings. The second-order valence-electron chi connectivity index (χ2n) is 7.39. The molecule has 2 nitrogen and oxygen atoms in total. The van der Waals surface area contributed by atoms with Crippen LogP contribution in [0.4, 0.5) is 0 Å². The van der Waals surface area contributed by atoms with Crippen LogP contribution in [0.2, 0.25) is 0 Å². The molecule has 0 aliphatic carbocycles. The van der Waals surface area contributed by atoms with E-state index in [1.807, 2.05) is 60.7 Å². The van der Waals surface area contributed by atoms with Crippen molar-refractivity contribution in [3.05, 3.63) is 102 Å². The maximum Gasteiger partial charge on any atom is 0.331 e. The number of benzene rings is 2. The molecule has 0 aliphatic heterocycles. The highest BCUT2D eigenvalue weighted by molar-refractivity contribution is 5.86. The maximum absolute atomic E-state index is 10.9. The number of aliphatic carboxylic acids is 1. The lowest BCUT2D eigenvalue weighted by Gasteiger charge is -2.23. The molecule has 0 fully saturated rings. The molecule has 0 saturated heterocycles. The Morgan fingerprint density at radius 1 is 1.00 bits per heavy atom. The van der Waals surface area contributed by atoms with Crippen molar-refractivity contribution in [2.24, 2.45) is 5.41 Å². The van der Waals surface area contributed by atoms with E-state index in [9.17, 15) is 4.79 Å². The number of hydrogen-bond donors (Lipinski definition) is 1. The first-order chi connectivity index (χ1) is 12.7. The highest BCUT2D eigenvalue weighted by Gasteiger charge is 2.19. The van der Waals surface area contributed by atoms with Crippen LogP contribution >= 0.6 is 0 Å². The van der Waals surface area contributed by atoms with E-state index in [1.54, 1.807) is 0 Å². The summed E-state index contributed by atoms with van der Waals surface area (Å²) < 4.78 is 0. The molecule has 2 rings (SSSR count). The van der Waals surface area contributed by atoms with Crippen LogP contribution in [0.15, 0.2) is 91.0 Å². The predicted octanol–water partition coefficient (Wildman–Crippen LogP) is 6.56. The molecule has 0 bridgehead atoms. The molecule has 142 valence electrons. The van der Waals surface area contributed by atoms with Gasteiger partial charge in [0.15, 0.2) is 0 Å². The standard InChI is InChI=1S/C16H20O2.C9H10/c1-12(15(17)18)10-14(16(2,3)4)11-13-8-6-5-7-9-13;1-2-6-9-7-4-3-5-8-9/h5-9,11H,1,10H2,2-4H3,(H,17,18);2-5,7-8H,1,6H2. The molecule has 27 heavy (non-hydrogen) atoms. The van der Waals surface area contributed by atoms with Gasteiger partial charge in [0.2, 0.25) is 0 Å². The van der Waals surface area contributed by atoms with E-state index in [2.05, 4.69) is 46.1 Å². The highest BCUT2D eigenvalue weighted by atomic mass is 16.4. The molecular weight excluding hydrogens is 332 g/mol. The Bertz CT molecular complexity index is 763. The van der Waals surface area contributed by atoms with Gasteiger partial charge in [0.25, 0.3) is 0 Å². The van der Waals surface area contributed by atoms with Gasteiger partial charge in [0.05, 0.1) is 0 Å². The fraction of sp³-hybridized carbons (Fsp3) is 0.240. The average molecular weight is 363 g/mol. The molecular formula is C25H30O2. The van der Waals surface area contributed by atoms with Crippen LogP contribution in [0.3, 0.4) is 0 Å². The Hall–Kier alpha value is -2.87. The summed E-state index contributed by atoms with van der Waals surface area (Å²) in [7, 11) is 0. The van der Waals surface area contributed by atoms with E-state index in [4.69, 9.17) is 5.11 Å². The Balaban J connectivity index is 0.000000337. The monoisotopic (exact) mass is 362 g/mol. The zero-order chi connectivity index (χ0) is 20.3. The van der Waals surface area contributed by atoms with Crippen LogP contribution in [0, 0.1) is 5.41 Å². The van der Waals surface area contributed by atoms with E-state index < -0.39 is 5.97 Å². The van der Waals surface area contributed by atoms with Gasteiger partial charge in [-0.3, -0.25) is 0 Å². The van der Waals surface area contributed by atoms with Crippen molar-refractivity contribution in [3.8, 4) is 0 Å². The fourth-order valence-electron chi connectivity index (χ4n) is 2.37. The first-order valence-electron chi connectivity index (χ1n) is 9.06. The van der Waals surface area contributed by atoms with Gasteiger partial charge in [0.1, 0.15) is 0 Å². The maximum atomic E-state index is 10.9. The first-order valence-corrected chi connectivity index (χ1v) is 9.06. The molecule has 2 aromatic carbocycles. The molecule has 0 saturated carbocycles. The van der Waals surface area contributed by atoms with Gasteiger partial charge in [-0.15, -0.1) is 6.58 Å². The number of allylic oxidation sites excluding steroid dienone is 2. The Morgan fingerprint density at radius 3 is 1.96 bits per heavy atom. The van der Waals surface area contributed by atoms with Gasteiger partial charge < -0.3 is 5.11 Å². The van der Waals surface area contributed by atoms with Crippen LogP contribution in [0.5, 0.6) is 0 Å². The van der Waals surface area contributed by atoms with Gasteiger partial charge in [-0.1, -0.05) is 106 Å². The molecule has 0 heterocycles. The minimum Gasteiger partial charge on any atom is -0.478 e. The molecule has 0 aliphatic rings. The topological polar surface area (TPSA) is 37.3 Å². The summed E-state index contributed by atoms with van der Waals surface area (Å²) in [5.41, 5.74) is 3.63. The minimum absolute atomic E-state index is 0.0752. The second kappa shape index (κ2) is 11.0. The van der Waals surface area contributed by atoms with E-state index in [0.717, 1.165) is 17.6 Å². The van der Waals surface area contributed by atoms with Crippen molar-refractivity contribution >= 4 is 12.0 Å². The summed E-state index contributed by atoms with van der Waals surface area (Å²) in [5, 5.41) is 8.94. The zero-order valence-corrected chi connectivity index (χ0v) is 16.6. The van der Waals surface area contributed by atoms with Crippen molar-refractivity contribution in [1.29, 1.82) is 0 Å². The number of hydrogen-bond acceptors (Lipinski definition) is 1. The van der Waals surface area contributed by atoms with Crippen LogP contribution in [0.25, 0.3) is 6.08 Å². The van der Waals surface area contributed by atoms with Crippen molar-refractivity contribution in [3.63, 3.8) is 0 Å². The molecule has 0 spiro atoms. The fourth-order valence-corrected chi connectivity index (χ4v) is 2.37. The third-order valence-corrected chi connectivity index (χ3v) is 4.03. The molecule has 0 aromatic heterocycles. The van der Waals surface area contributed by atoms with Crippen molar-refractivity contribution < 1.29 is 9.90 Å². The van der Waals surface area contributed by atoms with Gasteiger partial charge in [0, 0.05) is 12.0 Å². The molecule has 0 unspecified atom stereocenters. The van der Waals surface area contributed by atoms with Crippen LogP contribution < -0.4 is 0 Å². The van der Waals surface area contributed by atoms with Gasteiger partial charge in [-0.2, -0.15) is 0 Å². The van der Waals surface area contributed by atoms with E-state index >= 15 is 0 Å². The van der Waals surface area contributed by atoms with E-state index in [0.29, 0.717) is 6.42 Å². The first kappa shape index (κ1) is 22.2. The smallest absolute Gasteiger partial charge is 0.331 e. The lowest BCUT2D eigenvalue weighted by molar-refractivity contribution is -0.132. The Labute approximate surface area is 163 Å². The summed E-state index contributed by atoms with van der Waals surface area (Å²) in [6, 6.07) is 20.2. The van der Waals surface area contributed by atoms with Crippen LogP contribution in [-0.2, 0) is 11.2 Å². The molecule has 0 amide bonds. The van der Waals surface area contributed by atoms with Gasteiger partial charge >= 0.3 is 5.97 Å². The summed E-state index contributed by atoms with van der Waals surface area (Å²) in [6.07, 6.45) is 5.33. The van der Waals surface area contributed by atoms with E-state index in [-0.39, 0.29) is 11.0 Å². The SMILES string of the molecule is C=C(CC(=Cc1ccccc1)C(C)(C)C)C(=O)O.C=CCc1ccccc1.